The number of benzene rings is 1. The molecule has 1 heterocycles. The van der Waals surface area contributed by atoms with Gasteiger partial charge in [-0.15, -0.1) is 10.2 Å². The number of ketones is 1. The Bertz CT molecular complexity index is 594. The molecule has 0 N–H and O–H groups in total. The Morgan fingerprint density at radius 1 is 1.41 bits per heavy atom. The number of aromatic nitrogens is 3. The van der Waals surface area contributed by atoms with Crippen molar-refractivity contribution in [3.63, 3.8) is 0 Å². The van der Waals surface area contributed by atoms with Gasteiger partial charge < -0.3 is 4.57 Å². The summed E-state index contributed by atoms with van der Waals surface area (Å²) in [5.74, 6) is 0.0429. The molecule has 0 saturated carbocycles. The highest BCUT2D eigenvalue weighted by Gasteiger charge is 2.14. The van der Waals surface area contributed by atoms with E-state index in [0.29, 0.717) is 11.4 Å². The van der Waals surface area contributed by atoms with E-state index in [1.807, 2.05) is 0 Å². The maximum absolute atomic E-state index is 13.0. The summed E-state index contributed by atoms with van der Waals surface area (Å²) in [5, 5.41) is 7.67. The van der Waals surface area contributed by atoms with Gasteiger partial charge in [0.25, 0.3) is 0 Å². The van der Waals surface area contributed by atoms with Crippen LogP contribution in [0.15, 0.2) is 18.2 Å². The van der Waals surface area contributed by atoms with E-state index >= 15 is 0 Å². The lowest BCUT2D eigenvalue weighted by Crippen LogP contribution is -2.04. The van der Waals surface area contributed by atoms with Gasteiger partial charge >= 0.3 is 0 Å². The molecule has 17 heavy (non-hydrogen) atoms. The Labute approximate surface area is 102 Å². The van der Waals surface area contributed by atoms with Crippen LogP contribution in [0.3, 0.4) is 0 Å². The van der Waals surface area contributed by atoms with E-state index in [1.165, 1.54) is 25.1 Å². The summed E-state index contributed by atoms with van der Waals surface area (Å²) in [6.45, 7) is 1.41. The van der Waals surface area contributed by atoms with E-state index < -0.39 is 5.82 Å². The molecule has 0 aliphatic heterocycles. The zero-order valence-electron chi connectivity index (χ0n) is 9.24. The molecular weight excluding hydrogens is 245 g/mol. The first-order valence-corrected chi connectivity index (χ1v) is 5.24. The maximum atomic E-state index is 13.0. The van der Waals surface area contributed by atoms with Gasteiger partial charge in [-0.1, -0.05) is 11.6 Å². The Kier molecular flexibility index (Phi) is 2.93. The van der Waals surface area contributed by atoms with Crippen molar-refractivity contribution >= 4 is 17.4 Å². The van der Waals surface area contributed by atoms with E-state index in [9.17, 15) is 9.18 Å². The molecule has 0 radical (unpaired) electrons. The molecule has 0 atom stereocenters. The molecule has 88 valence electrons. The molecule has 2 rings (SSSR count). The molecule has 6 heteroatoms. The van der Waals surface area contributed by atoms with Crippen molar-refractivity contribution in [2.45, 2.75) is 6.92 Å². The predicted molar refractivity (Wildman–Crippen MR) is 61.4 cm³/mol. The van der Waals surface area contributed by atoms with Crippen molar-refractivity contribution in [2.24, 2.45) is 7.05 Å². The molecule has 1 aromatic carbocycles. The van der Waals surface area contributed by atoms with Crippen molar-refractivity contribution in [2.75, 3.05) is 0 Å². The zero-order chi connectivity index (χ0) is 12.6. The zero-order valence-corrected chi connectivity index (χ0v) is 9.99. The van der Waals surface area contributed by atoms with E-state index in [0.717, 1.165) is 0 Å². The van der Waals surface area contributed by atoms with Gasteiger partial charge in [0, 0.05) is 19.5 Å². The Hall–Kier alpha value is -1.75. The summed E-state index contributed by atoms with van der Waals surface area (Å²) < 4.78 is 14.6. The molecule has 0 spiro atoms. The number of rotatable bonds is 2. The van der Waals surface area contributed by atoms with Crippen LogP contribution in [0.2, 0.25) is 5.02 Å². The molecule has 1 aromatic heterocycles. The second kappa shape index (κ2) is 4.25. The topological polar surface area (TPSA) is 47.8 Å². The van der Waals surface area contributed by atoms with Crippen LogP contribution in [-0.2, 0) is 7.05 Å². The summed E-state index contributed by atoms with van der Waals surface area (Å²) in [5.41, 5.74) is 0.610. The van der Waals surface area contributed by atoms with Crippen LogP contribution >= 0.6 is 11.6 Å². The average molecular weight is 254 g/mol. The molecular formula is C11H9ClFN3O. The predicted octanol–water partition coefficient (Wildman–Crippen LogP) is 2.48. The molecule has 2 aromatic rings. The highest BCUT2D eigenvalue weighted by Crippen LogP contribution is 2.23. The minimum Gasteiger partial charge on any atom is -0.308 e. The third-order valence-corrected chi connectivity index (χ3v) is 2.66. The standard InChI is InChI=1S/C11H9ClFN3O/c1-6(17)10-14-15-11(16(10)2)7-3-4-9(13)8(12)5-7/h3-5H,1-2H3. The summed E-state index contributed by atoms with van der Waals surface area (Å²) in [6.07, 6.45) is 0. The van der Waals surface area contributed by atoms with Crippen LogP contribution in [0.25, 0.3) is 11.4 Å². The molecule has 0 fully saturated rings. The van der Waals surface area contributed by atoms with Gasteiger partial charge in [0.05, 0.1) is 5.02 Å². The van der Waals surface area contributed by atoms with Crippen LogP contribution in [0, 0.1) is 5.82 Å². The Morgan fingerprint density at radius 2 is 2.12 bits per heavy atom. The number of hydrogen-bond acceptors (Lipinski definition) is 3. The quantitative estimate of drug-likeness (QED) is 0.773. The van der Waals surface area contributed by atoms with Crippen LogP contribution in [0.4, 0.5) is 4.39 Å². The van der Waals surface area contributed by atoms with Crippen molar-refractivity contribution in [1.29, 1.82) is 0 Å². The van der Waals surface area contributed by atoms with E-state index in [1.54, 1.807) is 11.6 Å². The van der Waals surface area contributed by atoms with Gasteiger partial charge in [-0.25, -0.2) is 4.39 Å². The highest BCUT2D eigenvalue weighted by molar-refractivity contribution is 6.31. The lowest BCUT2D eigenvalue weighted by atomic mass is 10.2. The summed E-state index contributed by atoms with van der Waals surface area (Å²) in [7, 11) is 1.67. The highest BCUT2D eigenvalue weighted by atomic mass is 35.5. The van der Waals surface area contributed by atoms with Gasteiger partial charge in [-0.05, 0) is 18.2 Å². The molecule has 0 aliphatic rings. The third-order valence-electron chi connectivity index (χ3n) is 2.37. The van der Waals surface area contributed by atoms with Gasteiger partial charge in [0.1, 0.15) is 5.82 Å². The third kappa shape index (κ3) is 2.06. The summed E-state index contributed by atoms with van der Waals surface area (Å²) in [6, 6.07) is 4.24. The number of Topliss-reactive ketones (excluding diaryl/α,β-unsaturated/α-hetero) is 1. The van der Waals surface area contributed by atoms with Crippen molar-refractivity contribution in [3.05, 3.63) is 34.9 Å². The number of nitrogens with zero attached hydrogens (tertiary/aromatic N) is 3. The smallest absolute Gasteiger partial charge is 0.199 e. The van der Waals surface area contributed by atoms with Gasteiger partial charge in [-0.3, -0.25) is 4.79 Å². The van der Waals surface area contributed by atoms with E-state index in [-0.39, 0.29) is 16.6 Å². The van der Waals surface area contributed by atoms with Crippen molar-refractivity contribution in [3.8, 4) is 11.4 Å². The number of halogens is 2. The molecule has 0 unspecified atom stereocenters. The fourth-order valence-electron chi connectivity index (χ4n) is 1.52. The van der Waals surface area contributed by atoms with Crippen LogP contribution in [0.5, 0.6) is 0 Å². The minimum atomic E-state index is -0.496. The lowest BCUT2D eigenvalue weighted by molar-refractivity contribution is 0.100. The Balaban J connectivity index is 2.53. The SMILES string of the molecule is CC(=O)c1nnc(-c2ccc(F)c(Cl)c2)n1C. The van der Waals surface area contributed by atoms with Gasteiger partial charge in [0.2, 0.25) is 0 Å². The van der Waals surface area contributed by atoms with E-state index in [2.05, 4.69) is 10.2 Å². The van der Waals surface area contributed by atoms with E-state index in [4.69, 9.17) is 11.6 Å². The monoisotopic (exact) mass is 253 g/mol. The largest absolute Gasteiger partial charge is 0.308 e. The van der Waals surface area contributed by atoms with Crippen LogP contribution in [0.1, 0.15) is 17.5 Å². The van der Waals surface area contributed by atoms with Crippen LogP contribution in [-0.4, -0.2) is 20.5 Å². The average Bonchev–Trinajstić information content (AvgIpc) is 2.64. The molecule has 4 nitrogen and oxygen atoms in total. The Morgan fingerprint density at radius 3 is 2.65 bits per heavy atom. The summed E-state index contributed by atoms with van der Waals surface area (Å²) in [4.78, 5) is 11.2. The first-order valence-electron chi connectivity index (χ1n) is 4.86. The van der Waals surface area contributed by atoms with Gasteiger partial charge in [-0.2, -0.15) is 0 Å². The lowest BCUT2D eigenvalue weighted by Gasteiger charge is -2.03. The minimum absolute atomic E-state index is 0.00914. The number of hydrogen-bond donors (Lipinski definition) is 0. The van der Waals surface area contributed by atoms with Gasteiger partial charge in [0.15, 0.2) is 17.4 Å². The molecule has 0 bridgehead atoms. The normalized spacial score (nSPS) is 10.6. The second-order valence-electron chi connectivity index (χ2n) is 3.59. The first-order chi connectivity index (χ1) is 8.00. The van der Waals surface area contributed by atoms with Crippen molar-refractivity contribution < 1.29 is 9.18 Å². The van der Waals surface area contributed by atoms with Crippen LogP contribution < -0.4 is 0 Å². The number of carbonyl (C=O) groups excluding carboxylic acids is 1. The molecule has 0 saturated heterocycles. The van der Waals surface area contributed by atoms with Crippen molar-refractivity contribution in [1.82, 2.24) is 14.8 Å². The second-order valence-corrected chi connectivity index (χ2v) is 4.00. The molecule has 0 aliphatic carbocycles. The number of carbonyl (C=O) groups is 1. The maximum Gasteiger partial charge on any atom is 0.199 e. The fraction of sp³-hybridized carbons (Fsp3) is 0.182. The molecule has 0 amide bonds. The summed E-state index contributed by atoms with van der Waals surface area (Å²) >= 11 is 5.69. The first kappa shape index (κ1) is 11.7. The fourth-order valence-corrected chi connectivity index (χ4v) is 1.70.